The Morgan fingerprint density at radius 1 is 1.33 bits per heavy atom. The summed E-state index contributed by atoms with van der Waals surface area (Å²) < 4.78 is 30.6. The number of aliphatic hydroxyl groups excluding tert-OH is 1. The normalized spacial score (nSPS) is 13.1. The van der Waals surface area contributed by atoms with Gasteiger partial charge in [0.05, 0.1) is 11.0 Å². The van der Waals surface area contributed by atoms with Crippen molar-refractivity contribution in [1.29, 1.82) is 0 Å². The monoisotopic (exact) mass is 317 g/mol. The average Bonchev–Trinajstić information content (AvgIpc) is 2.42. The molecule has 0 spiro atoms. The van der Waals surface area contributed by atoms with E-state index in [4.69, 9.17) is 9.84 Å². The summed E-state index contributed by atoms with van der Waals surface area (Å²) in [7, 11) is -2.20. The lowest BCUT2D eigenvalue weighted by Crippen LogP contribution is -2.29. The summed E-state index contributed by atoms with van der Waals surface area (Å²) in [5.74, 6) is -0.826. The number of aliphatic carboxylic acids is 1. The van der Waals surface area contributed by atoms with Gasteiger partial charge in [-0.3, -0.25) is 0 Å². The Morgan fingerprint density at radius 2 is 1.90 bits per heavy atom. The summed E-state index contributed by atoms with van der Waals surface area (Å²) in [6.45, 7) is 1.31. The van der Waals surface area contributed by atoms with Crippen LogP contribution in [-0.2, 0) is 14.8 Å². The second-order valence-electron chi connectivity index (χ2n) is 4.62. The van der Waals surface area contributed by atoms with Crippen LogP contribution in [-0.4, -0.2) is 55.2 Å². The van der Waals surface area contributed by atoms with Gasteiger partial charge in [0.25, 0.3) is 0 Å². The predicted octanol–water partition coefficient (Wildman–Crippen LogP) is 0.541. The molecular weight excluding hydrogens is 298 g/mol. The van der Waals surface area contributed by atoms with Gasteiger partial charge in [-0.15, -0.1) is 0 Å². The summed E-state index contributed by atoms with van der Waals surface area (Å²) in [4.78, 5) is 10.4. The van der Waals surface area contributed by atoms with Gasteiger partial charge in [-0.1, -0.05) is 0 Å². The number of sulfonamides is 1. The molecule has 0 aliphatic rings. The van der Waals surface area contributed by atoms with Crippen molar-refractivity contribution >= 4 is 16.0 Å². The van der Waals surface area contributed by atoms with Crippen LogP contribution >= 0.6 is 0 Å². The highest BCUT2D eigenvalue weighted by Gasteiger charge is 2.20. The average molecular weight is 317 g/mol. The van der Waals surface area contributed by atoms with Crippen molar-refractivity contribution in [2.75, 3.05) is 20.2 Å². The van der Waals surface area contributed by atoms with Gasteiger partial charge in [0.2, 0.25) is 10.0 Å². The Kier molecular flexibility index (Phi) is 6.13. The van der Waals surface area contributed by atoms with Crippen molar-refractivity contribution in [2.24, 2.45) is 0 Å². The van der Waals surface area contributed by atoms with E-state index in [0.29, 0.717) is 6.42 Å². The number of aliphatic hydroxyl groups is 1. The minimum Gasteiger partial charge on any atom is -0.482 e. The van der Waals surface area contributed by atoms with Gasteiger partial charge >= 0.3 is 5.97 Å². The molecule has 21 heavy (non-hydrogen) atoms. The number of carbonyl (C=O) groups is 1. The zero-order chi connectivity index (χ0) is 16.0. The maximum Gasteiger partial charge on any atom is 0.341 e. The number of carboxylic acids is 1. The van der Waals surface area contributed by atoms with Crippen LogP contribution in [0.1, 0.15) is 13.3 Å². The minimum atomic E-state index is -3.63. The number of ether oxygens (including phenoxy) is 1. The van der Waals surface area contributed by atoms with Gasteiger partial charge in [0, 0.05) is 13.6 Å². The van der Waals surface area contributed by atoms with Crippen LogP contribution in [0.5, 0.6) is 5.75 Å². The van der Waals surface area contributed by atoms with Crippen LogP contribution < -0.4 is 4.74 Å². The third-order valence-corrected chi connectivity index (χ3v) is 4.63. The van der Waals surface area contributed by atoms with E-state index in [2.05, 4.69) is 0 Å². The Labute approximate surface area is 123 Å². The first-order valence-corrected chi connectivity index (χ1v) is 7.76. The van der Waals surface area contributed by atoms with Gasteiger partial charge in [-0.25, -0.2) is 17.5 Å². The summed E-state index contributed by atoms with van der Waals surface area (Å²) in [5, 5.41) is 17.7. The molecule has 0 saturated heterocycles. The first-order valence-electron chi connectivity index (χ1n) is 6.32. The Hall–Kier alpha value is -1.64. The Bertz CT molecular complexity index is 567. The third-order valence-electron chi connectivity index (χ3n) is 2.76. The molecular formula is C13H19NO6S. The van der Waals surface area contributed by atoms with Crippen molar-refractivity contribution < 1.29 is 28.2 Å². The van der Waals surface area contributed by atoms with Crippen LogP contribution in [0.2, 0.25) is 0 Å². The lowest BCUT2D eigenvalue weighted by atomic mass is 10.3. The van der Waals surface area contributed by atoms with E-state index in [1.807, 2.05) is 0 Å². The summed E-state index contributed by atoms with van der Waals surface area (Å²) >= 11 is 0. The van der Waals surface area contributed by atoms with Crippen molar-refractivity contribution in [2.45, 2.75) is 24.3 Å². The molecule has 0 saturated carbocycles. The highest BCUT2D eigenvalue weighted by atomic mass is 32.2. The number of nitrogens with zero attached hydrogens (tertiary/aromatic N) is 1. The molecule has 2 N–H and O–H groups in total. The molecule has 0 bridgehead atoms. The van der Waals surface area contributed by atoms with E-state index in [-0.39, 0.29) is 17.2 Å². The zero-order valence-corrected chi connectivity index (χ0v) is 12.7. The molecule has 0 radical (unpaired) electrons. The van der Waals surface area contributed by atoms with Crippen molar-refractivity contribution in [3.05, 3.63) is 24.3 Å². The number of carboxylic acid groups (broad SMARTS) is 1. The van der Waals surface area contributed by atoms with E-state index in [9.17, 15) is 18.3 Å². The van der Waals surface area contributed by atoms with Crippen LogP contribution in [0, 0.1) is 0 Å². The van der Waals surface area contributed by atoms with Crippen molar-refractivity contribution in [3.8, 4) is 5.75 Å². The molecule has 1 aromatic carbocycles. The lowest BCUT2D eigenvalue weighted by Gasteiger charge is -2.18. The molecule has 8 heteroatoms. The lowest BCUT2D eigenvalue weighted by molar-refractivity contribution is -0.139. The first-order chi connectivity index (χ1) is 9.73. The fraction of sp³-hybridized carbons (Fsp3) is 0.462. The van der Waals surface area contributed by atoms with E-state index in [1.54, 1.807) is 6.92 Å². The van der Waals surface area contributed by atoms with Gasteiger partial charge in [-0.05, 0) is 37.6 Å². The quantitative estimate of drug-likeness (QED) is 0.725. The maximum atomic E-state index is 12.2. The molecule has 1 aromatic rings. The second-order valence-corrected chi connectivity index (χ2v) is 6.66. The number of hydrogen-bond acceptors (Lipinski definition) is 5. The van der Waals surface area contributed by atoms with Crippen molar-refractivity contribution in [3.63, 3.8) is 0 Å². The minimum absolute atomic E-state index is 0.0817. The second kappa shape index (κ2) is 7.39. The van der Waals surface area contributed by atoms with E-state index in [1.165, 1.54) is 31.3 Å². The van der Waals surface area contributed by atoms with E-state index in [0.717, 1.165) is 4.31 Å². The number of benzene rings is 1. The van der Waals surface area contributed by atoms with E-state index < -0.39 is 28.7 Å². The molecule has 0 fully saturated rings. The molecule has 1 atom stereocenters. The molecule has 118 valence electrons. The Morgan fingerprint density at radius 3 is 2.38 bits per heavy atom. The van der Waals surface area contributed by atoms with Gasteiger partial charge < -0.3 is 14.9 Å². The van der Waals surface area contributed by atoms with Gasteiger partial charge in [0.1, 0.15) is 5.75 Å². The van der Waals surface area contributed by atoms with Crippen molar-refractivity contribution in [1.82, 2.24) is 4.31 Å². The molecule has 1 rings (SSSR count). The number of rotatable bonds is 8. The van der Waals surface area contributed by atoms with Gasteiger partial charge in [0.15, 0.2) is 6.61 Å². The summed E-state index contributed by atoms with van der Waals surface area (Å²) in [6, 6.07) is 5.51. The Balaban J connectivity index is 2.77. The molecule has 0 aromatic heterocycles. The van der Waals surface area contributed by atoms with Crippen LogP contribution in [0.4, 0.5) is 0 Å². The highest BCUT2D eigenvalue weighted by molar-refractivity contribution is 7.89. The third kappa shape index (κ3) is 5.33. The highest BCUT2D eigenvalue weighted by Crippen LogP contribution is 2.19. The van der Waals surface area contributed by atoms with E-state index >= 15 is 0 Å². The maximum absolute atomic E-state index is 12.2. The van der Waals surface area contributed by atoms with Crippen LogP contribution in [0.3, 0.4) is 0 Å². The standard InChI is InChI=1S/C13H19NO6S/c1-10(15)7-8-14(2)21(18,19)12-5-3-11(4-6-12)20-9-13(16)17/h3-6,10,15H,7-9H2,1-2H3,(H,16,17). The fourth-order valence-corrected chi connectivity index (χ4v) is 2.71. The smallest absolute Gasteiger partial charge is 0.341 e. The van der Waals surface area contributed by atoms with Gasteiger partial charge in [-0.2, -0.15) is 0 Å². The van der Waals surface area contributed by atoms with Crippen LogP contribution in [0.15, 0.2) is 29.2 Å². The molecule has 7 nitrogen and oxygen atoms in total. The SMILES string of the molecule is CC(O)CCN(C)S(=O)(=O)c1ccc(OCC(=O)O)cc1. The summed E-state index contributed by atoms with van der Waals surface area (Å²) in [5.41, 5.74) is 0. The largest absolute Gasteiger partial charge is 0.482 e. The zero-order valence-electron chi connectivity index (χ0n) is 11.9. The summed E-state index contributed by atoms with van der Waals surface area (Å²) in [6.07, 6.45) is -0.232. The molecule has 0 aliphatic carbocycles. The fourth-order valence-electron chi connectivity index (χ4n) is 1.52. The molecule has 1 unspecified atom stereocenters. The van der Waals surface area contributed by atoms with Crippen LogP contribution in [0.25, 0.3) is 0 Å². The first kappa shape index (κ1) is 17.4. The molecule has 0 heterocycles. The molecule has 0 amide bonds. The topological polar surface area (TPSA) is 104 Å². The number of hydrogen-bond donors (Lipinski definition) is 2. The predicted molar refractivity (Wildman–Crippen MR) is 75.7 cm³/mol. The molecule has 0 aliphatic heterocycles.